The number of carbonyl (C=O) groups excluding carboxylic acids is 1. The van der Waals surface area contributed by atoms with E-state index in [0.29, 0.717) is 25.1 Å². The maximum absolute atomic E-state index is 13.0. The first-order valence-electron chi connectivity index (χ1n) is 10.4. The summed E-state index contributed by atoms with van der Waals surface area (Å²) in [5.41, 5.74) is 1.83. The van der Waals surface area contributed by atoms with Gasteiger partial charge in [-0.3, -0.25) is 4.79 Å². The zero-order valence-corrected chi connectivity index (χ0v) is 16.3. The van der Waals surface area contributed by atoms with Crippen molar-refractivity contribution in [3.05, 3.63) is 36.0 Å². The van der Waals surface area contributed by atoms with Gasteiger partial charge in [0.1, 0.15) is 5.69 Å². The van der Waals surface area contributed by atoms with Gasteiger partial charge in [-0.2, -0.15) is 0 Å². The Hall–Kier alpha value is -1.85. The Balaban J connectivity index is 1.47. The maximum Gasteiger partial charge on any atom is 0.267 e. The van der Waals surface area contributed by atoms with Gasteiger partial charge in [-0.25, -0.2) is 0 Å². The highest BCUT2D eigenvalue weighted by Crippen LogP contribution is 2.30. The lowest BCUT2D eigenvalue weighted by atomic mass is 9.83. The number of ether oxygens (including phenoxy) is 1. The second-order valence-electron chi connectivity index (χ2n) is 7.94. The number of rotatable bonds is 6. The summed E-state index contributed by atoms with van der Waals surface area (Å²) in [6.07, 6.45) is 6.43. The van der Waals surface area contributed by atoms with Crippen LogP contribution in [0.3, 0.4) is 0 Å². The highest BCUT2D eigenvalue weighted by atomic mass is 16.5. The highest BCUT2D eigenvalue weighted by Gasteiger charge is 2.33. The van der Waals surface area contributed by atoms with Gasteiger partial charge in [0, 0.05) is 37.1 Å². The largest absolute Gasteiger partial charge is 0.383 e. The lowest BCUT2D eigenvalue weighted by Gasteiger charge is -2.44. The Bertz CT molecular complexity index is 783. The second kappa shape index (κ2) is 8.44. The number of nitrogens with one attached hydrogen (secondary N) is 1. The fourth-order valence-corrected chi connectivity index (χ4v) is 4.95. The van der Waals surface area contributed by atoms with Crippen LogP contribution in [0.1, 0.15) is 42.6 Å². The van der Waals surface area contributed by atoms with E-state index in [2.05, 4.69) is 26.9 Å². The van der Waals surface area contributed by atoms with Crippen LogP contribution >= 0.6 is 0 Å². The predicted octanol–water partition coefficient (Wildman–Crippen LogP) is 3.28. The number of carbonyl (C=O) groups is 1. The van der Waals surface area contributed by atoms with Crippen LogP contribution in [0.25, 0.3) is 10.9 Å². The summed E-state index contributed by atoms with van der Waals surface area (Å²) in [5, 5.41) is 4.36. The van der Waals surface area contributed by atoms with Crippen molar-refractivity contribution in [1.29, 1.82) is 0 Å². The molecule has 1 amide bonds. The third kappa shape index (κ3) is 3.90. The summed E-state index contributed by atoms with van der Waals surface area (Å²) in [4.78, 5) is 15.7. The first kappa shape index (κ1) is 18.5. The van der Waals surface area contributed by atoms with Crippen LogP contribution in [0, 0.1) is 5.92 Å². The Labute approximate surface area is 161 Å². The average Bonchev–Trinajstić information content (AvgIpc) is 3.09. The van der Waals surface area contributed by atoms with Crippen molar-refractivity contribution in [2.75, 3.05) is 33.4 Å². The van der Waals surface area contributed by atoms with Crippen molar-refractivity contribution < 1.29 is 9.53 Å². The Morgan fingerprint density at radius 2 is 2.04 bits per heavy atom. The molecule has 0 bridgehead atoms. The summed E-state index contributed by atoms with van der Waals surface area (Å²) in [7, 11) is 1.70. The summed E-state index contributed by atoms with van der Waals surface area (Å²) >= 11 is 0. The number of hydrogen-bond donors (Lipinski definition) is 1. The molecular weight excluding hydrogens is 338 g/mol. The fourth-order valence-electron chi connectivity index (χ4n) is 4.95. The van der Waals surface area contributed by atoms with E-state index in [4.69, 9.17) is 4.74 Å². The zero-order valence-electron chi connectivity index (χ0n) is 16.3. The number of para-hydroxylation sites is 1. The zero-order chi connectivity index (χ0) is 18.6. The highest BCUT2D eigenvalue weighted by molar-refractivity contribution is 5.98. The summed E-state index contributed by atoms with van der Waals surface area (Å²) in [6.45, 7) is 4.54. The molecule has 146 valence electrons. The molecule has 2 aromatic rings. The lowest BCUT2D eigenvalue weighted by Crippen LogP contribution is -2.51. The van der Waals surface area contributed by atoms with Crippen molar-refractivity contribution in [2.45, 2.75) is 44.7 Å². The van der Waals surface area contributed by atoms with Gasteiger partial charge in [-0.15, -0.1) is 0 Å². The van der Waals surface area contributed by atoms with E-state index >= 15 is 0 Å². The molecule has 0 radical (unpaired) electrons. The van der Waals surface area contributed by atoms with Crippen LogP contribution in [0.4, 0.5) is 0 Å². The van der Waals surface area contributed by atoms with Crippen LogP contribution in [-0.2, 0) is 11.3 Å². The molecule has 0 aliphatic carbocycles. The van der Waals surface area contributed by atoms with Crippen LogP contribution in [0.15, 0.2) is 30.3 Å². The summed E-state index contributed by atoms with van der Waals surface area (Å²) in [5.74, 6) is 0.620. The average molecular weight is 370 g/mol. The quantitative estimate of drug-likeness (QED) is 0.850. The van der Waals surface area contributed by atoms with E-state index in [1.54, 1.807) is 7.11 Å². The molecule has 5 heteroatoms. The predicted molar refractivity (Wildman–Crippen MR) is 108 cm³/mol. The van der Waals surface area contributed by atoms with E-state index in [0.717, 1.165) is 23.1 Å². The van der Waals surface area contributed by atoms with Crippen LogP contribution < -0.4 is 5.32 Å². The summed E-state index contributed by atoms with van der Waals surface area (Å²) < 4.78 is 7.34. The second-order valence-corrected chi connectivity index (χ2v) is 7.94. The molecule has 2 saturated heterocycles. The molecule has 0 unspecified atom stereocenters. The van der Waals surface area contributed by atoms with Crippen LogP contribution in [-0.4, -0.2) is 54.8 Å². The van der Waals surface area contributed by atoms with E-state index in [1.807, 2.05) is 18.2 Å². The van der Waals surface area contributed by atoms with Crippen molar-refractivity contribution in [1.82, 2.24) is 14.8 Å². The molecule has 1 aromatic carbocycles. The van der Waals surface area contributed by atoms with E-state index in [-0.39, 0.29) is 5.91 Å². The number of methoxy groups -OCH3 is 1. The number of aromatic nitrogens is 1. The van der Waals surface area contributed by atoms with Crippen molar-refractivity contribution in [3.63, 3.8) is 0 Å². The van der Waals surface area contributed by atoms with Gasteiger partial charge in [0.15, 0.2) is 0 Å². The van der Waals surface area contributed by atoms with E-state index in [1.165, 1.54) is 45.2 Å². The van der Waals surface area contributed by atoms with Crippen molar-refractivity contribution in [2.24, 2.45) is 5.92 Å². The minimum Gasteiger partial charge on any atom is -0.383 e. The molecule has 2 aliphatic rings. The monoisotopic (exact) mass is 369 g/mol. The molecule has 2 aliphatic heterocycles. The van der Waals surface area contributed by atoms with E-state index < -0.39 is 0 Å². The topological polar surface area (TPSA) is 46.5 Å². The van der Waals surface area contributed by atoms with Gasteiger partial charge in [0.05, 0.1) is 6.61 Å². The van der Waals surface area contributed by atoms with Crippen molar-refractivity contribution >= 4 is 16.8 Å². The number of fused-ring (bicyclic) bond motifs is 2. The lowest BCUT2D eigenvalue weighted by molar-refractivity contribution is 0.0574. The summed E-state index contributed by atoms with van der Waals surface area (Å²) in [6, 6.07) is 10.8. The third-order valence-electron chi connectivity index (χ3n) is 6.32. The maximum atomic E-state index is 13.0. The normalized spacial score (nSPS) is 23.3. The molecule has 1 aromatic heterocycles. The first-order chi connectivity index (χ1) is 13.3. The molecule has 5 nitrogen and oxygen atoms in total. The van der Waals surface area contributed by atoms with E-state index in [9.17, 15) is 4.79 Å². The number of piperidine rings is 2. The molecule has 1 N–H and O–H groups in total. The first-order valence-corrected chi connectivity index (χ1v) is 10.4. The standard InChI is InChI=1S/C22H31N3O2/c1-27-14-13-25-20-10-3-2-7-17(20)15-21(25)22(26)23-16-18-8-6-12-24-11-5-4-9-19(18)24/h2-3,7,10,15,18-19H,4-6,8-9,11-14,16H2,1H3,(H,23,26)/t18-,19+/m1/s1. The molecule has 0 saturated carbocycles. The molecular formula is C22H31N3O2. The molecule has 3 heterocycles. The van der Waals surface area contributed by atoms with Gasteiger partial charge in [0.2, 0.25) is 0 Å². The molecule has 2 atom stereocenters. The van der Waals surface area contributed by atoms with Gasteiger partial charge in [-0.05, 0) is 56.8 Å². The van der Waals surface area contributed by atoms with Crippen LogP contribution in [0.2, 0.25) is 0 Å². The minimum atomic E-state index is 0.0373. The Kier molecular flexibility index (Phi) is 5.79. The smallest absolute Gasteiger partial charge is 0.267 e. The minimum absolute atomic E-state index is 0.0373. The van der Waals surface area contributed by atoms with Crippen LogP contribution in [0.5, 0.6) is 0 Å². The number of benzene rings is 1. The number of amides is 1. The van der Waals surface area contributed by atoms with Gasteiger partial charge in [-0.1, -0.05) is 24.6 Å². The number of nitrogens with zero attached hydrogens (tertiary/aromatic N) is 2. The van der Waals surface area contributed by atoms with Crippen molar-refractivity contribution in [3.8, 4) is 0 Å². The van der Waals surface area contributed by atoms with Gasteiger partial charge in [0.25, 0.3) is 5.91 Å². The van der Waals surface area contributed by atoms with Gasteiger partial charge >= 0.3 is 0 Å². The Morgan fingerprint density at radius 1 is 1.19 bits per heavy atom. The molecule has 27 heavy (non-hydrogen) atoms. The molecule has 4 rings (SSSR count). The Morgan fingerprint density at radius 3 is 2.93 bits per heavy atom. The fraction of sp³-hybridized carbons (Fsp3) is 0.591. The van der Waals surface area contributed by atoms with Gasteiger partial charge < -0.3 is 19.5 Å². The molecule has 2 fully saturated rings. The number of hydrogen-bond acceptors (Lipinski definition) is 3. The third-order valence-corrected chi connectivity index (χ3v) is 6.32. The SMILES string of the molecule is COCCn1c(C(=O)NC[C@H]2CCCN3CCCC[C@@H]23)cc2ccccc21. The molecule has 0 spiro atoms.